The van der Waals surface area contributed by atoms with Crippen molar-refractivity contribution in [3.63, 3.8) is 0 Å². The number of thioether (sulfide) groups is 1. The molecule has 0 atom stereocenters. The zero-order valence-electron chi connectivity index (χ0n) is 13.9. The van der Waals surface area contributed by atoms with Gasteiger partial charge in [-0.1, -0.05) is 30.3 Å². The Morgan fingerprint density at radius 1 is 1.08 bits per heavy atom. The lowest BCUT2D eigenvalue weighted by molar-refractivity contribution is -0.119. The summed E-state index contributed by atoms with van der Waals surface area (Å²) < 4.78 is 19.5. The molecule has 0 radical (unpaired) electrons. The van der Waals surface area contributed by atoms with Crippen molar-refractivity contribution in [2.24, 2.45) is 0 Å². The fraction of sp³-hybridized carbons (Fsp3) is 0.158. The number of hydrogen-bond donors (Lipinski definition) is 1. The van der Waals surface area contributed by atoms with E-state index in [1.54, 1.807) is 30.3 Å². The maximum Gasteiger partial charge on any atom is 0.272 e. The smallest absolute Gasteiger partial charge is 0.272 e. The fourth-order valence-electron chi connectivity index (χ4n) is 2.73. The number of imide groups is 1. The molecule has 1 heterocycles. The van der Waals surface area contributed by atoms with Gasteiger partial charge < -0.3 is 9.84 Å². The van der Waals surface area contributed by atoms with Crippen molar-refractivity contribution in [2.75, 3.05) is 24.4 Å². The molecule has 1 N–H and O–H groups in total. The van der Waals surface area contributed by atoms with Crippen molar-refractivity contribution in [3.8, 4) is 5.75 Å². The second kappa shape index (κ2) is 7.72. The van der Waals surface area contributed by atoms with E-state index in [-0.39, 0.29) is 28.5 Å². The van der Waals surface area contributed by atoms with Crippen LogP contribution in [-0.2, 0) is 9.59 Å². The number of carbonyl (C=O) groups is 2. The zero-order valence-corrected chi connectivity index (χ0v) is 14.8. The summed E-state index contributed by atoms with van der Waals surface area (Å²) in [4.78, 5) is 26.9. The molecule has 0 aliphatic carbocycles. The molecule has 1 aliphatic rings. The molecule has 0 unspecified atom stereocenters. The van der Waals surface area contributed by atoms with Crippen LogP contribution in [0.15, 0.2) is 53.4 Å². The highest BCUT2D eigenvalue weighted by atomic mass is 32.2. The number of amides is 2. The Morgan fingerprint density at radius 2 is 1.77 bits per heavy atom. The van der Waals surface area contributed by atoms with Gasteiger partial charge in [-0.15, -0.1) is 11.8 Å². The number of carbonyl (C=O) groups excluding carboxylic acids is 2. The van der Waals surface area contributed by atoms with Crippen molar-refractivity contribution in [1.29, 1.82) is 0 Å². The number of ether oxygens (including phenoxy) is 1. The average molecular weight is 373 g/mol. The largest absolute Gasteiger partial charge is 0.496 e. The van der Waals surface area contributed by atoms with Gasteiger partial charge in [0.05, 0.1) is 29.9 Å². The van der Waals surface area contributed by atoms with Crippen LogP contribution in [0.3, 0.4) is 0 Å². The second-order valence-corrected chi connectivity index (χ2v) is 6.48. The lowest BCUT2D eigenvalue weighted by atomic mass is 10.0. The third-order valence-corrected chi connectivity index (χ3v) is 4.90. The average Bonchev–Trinajstić information content (AvgIpc) is 2.90. The molecule has 7 heteroatoms. The number of nitrogens with zero attached hydrogens (tertiary/aromatic N) is 1. The third-order valence-electron chi connectivity index (χ3n) is 3.85. The Labute approximate surface area is 154 Å². The summed E-state index contributed by atoms with van der Waals surface area (Å²) in [6.07, 6.45) is 0. The first-order valence-corrected chi connectivity index (χ1v) is 8.83. The van der Waals surface area contributed by atoms with Gasteiger partial charge in [0, 0.05) is 11.3 Å². The summed E-state index contributed by atoms with van der Waals surface area (Å²) >= 11 is 1.06. The molecule has 0 fully saturated rings. The molecule has 26 heavy (non-hydrogen) atoms. The molecule has 2 aromatic carbocycles. The number of anilines is 1. The molecule has 0 spiro atoms. The van der Waals surface area contributed by atoms with Crippen LogP contribution in [0, 0.1) is 5.82 Å². The van der Waals surface area contributed by atoms with E-state index in [1.807, 2.05) is 0 Å². The molecule has 5 nitrogen and oxygen atoms in total. The summed E-state index contributed by atoms with van der Waals surface area (Å²) in [7, 11) is 1.47. The van der Waals surface area contributed by atoms with Gasteiger partial charge in [0.25, 0.3) is 11.8 Å². The molecular weight excluding hydrogens is 357 g/mol. The van der Waals surface area contributed by atoms with E-state index in [9.17, 15) is 14.0 Å². The van der Waals surface area contributed by atoms with E-state index in [0.29, 0.717) is 11.3 Å². The maximum absolute atomic E-state index is 14.2. The molecule has 0 saturated heterocycles. The van der Waals surface area contributed by atoms with E-state index >= 15 is 0 Å². The number of halogens is 1. The molecular formula is C19H16FNO4S. The molecule has 2 amide bonds. The first-order chi connectivity index (χ1) is 12.6. The van der Waals surface area contributed by atoms with Gasteiger partial charge in [-0.3, -0.25) is 9.59 Å². The fourth-order valence-corrected chi connectivity index (χ4v) is 3.58. The highest BCUT2D eigenvalue weighted by molar-refractivity contribution is 8.04. The monoisotopic (exact) mass is 373 g/mol. The van der Waals surface area contributed by atoms with Gasteiger partial charge in [0.1, 0.15) is 11.6 Å². The molecule has 2 aromatic rings. The quantitative estimate of drug-likeness (QED) is 0.789. The highest BCUT2D eigenvalue weighted by Gasteiger charge is 2.41. The number of rotatable bonds is 6. The lowest BCUT2D eigenvalue weighted by Gasteiger charge is -2.16. The van der Waals surface area contributed by atoms with Crippen molar-refractivity contribution in [1.82, 2.24) is 0 Å². The van der Waals surface area contributed by atoms with Gasteiger partial charge in [-0.2, -0.15) is 0 Å². The summed E-state index contributed by atoms with van der Waals surface area (Å²) in [6.45, 7) is -0.158. The second-order valence-electron chi connectivity index (χ2n) is 5.37. The number of benzene rings is 2. The predicted octanol–water partition coefficient (Wildman–Crippen LogP) is 2.84. The van der Waals surface area contributed by atoms with Crippen LogP contribution in [-0.4, -0.2) is 36.4 Å². The van der Waals surface area contributed by atoms with Crippen LogP contribution >= 0.6 is 11.8 Å². The minimum atomic E-state index is -0.665. The van der Waals surface area contributed by atoms with Crippen LogP contribution in [0.2, 0.25) is 0 Å². The Bertz CT molecular complexity index is 897. The lowest BCUT2D eigenvalue weighted by Crippen LogP contribution is -2.32. The van der Waals surface area contributed by atoms with Crippen molar-refractivity contribution < 1.29 is 23.8 Å². The minimum Gasteiger partial charge on any atom is -0.496 e. The molecule has 134 valence electrons. The van der Waals surface area contributed by atoms with Gasteiger partial charge in [-0.25, -0.2) is 9.29 Å². The number of hydrogen-bond acceptors (Lipinski definition) is 5. The van der Waals surface area contributed by atoms with E-state index in [4.69, 9.17) is 9.84 Å². The summed E-state index contributed by atoms with van der Waals surface area (Å²) in [5.74, 6) is -1.23. The van der Waals surface area contributed by atoms with Crippen LogP contribution in [0.25, 0.3) is 5.57 Å². The maximum atomic E-state index is 14.2. The van der Waals surface area contributed by atoms with Crippen molar-refractivity contribution in [3.05, 3.63) is 64.8 Å². The van der Waals surface area contributed by atoms with Gasteiger partial charge >= 0.3 is 0 Å². The first-order valence-electron chi connectivity index (χ1n) is 7.84. The topological polar surface area (TPSA) is 66.8 Å². The normalized spacial score (nSPS) is 14.3. The Balaban J connectivity index is 2.15. The Kier molecular flexibility index (Phi) is 5.39. The Morgan fingerprint density at radius 3 is 2.46 bits per heavy atom. The number of methoxy groups -OCH3 is 1. The summed E-state index contributed by atoms with van der Waals surface area (Å²) in [5, 5.41) is 9.13. The standard InChI is InChI=1S/C19H16FNO4S/c1-25-15-9-5-2-6-12(15)16-17(26-11-10-22)19(24)21(18(16)23)14-8-4-3-7-13(14)20/h2-9,22H,10-11H2,1H3. The Hall–Kier alpha value is -2.64. The molecule has 1 aliphatic heterocycles. The number of aliphatic hydroxyl groups is 1. The summed E-state index contributed by atoms with van der Waals surface area (Å²) in [5.41, 5.74) is 0.497. The highest BCUT2D eigenvalue weighted by Crippen LogP contribution is 2.41. The zero-order chi connectivity index (χ0) is 18.7. The number of para-hydroxylation sites is 2. The van der Waals surface area contributed by atoms with E-state index in [2.05, 4.69) is 0 Å². The molecule has 0 saturated carbocycles. The van der Waals surface area contributed by atoms with Gasteiger partial charge in [0.2, 0.25) is 0 Å². The van der Waals surface area contributed by atoms with Crippen molar-refractivity contribution in [2.45, 2.75) is 0 Å². The van der Waals surface area contributed by atoms with Gasteiger partial charge in [0.15, 0.2) is 0 Å². The minimum absolute atomic E-state index is 0.102. The van der Waals surface area contributed by atoms with E-state index < -0.39 is 17.6 Å². The molecule has 0 bridgehead atoms. The summed E-state index contributed by atoms with van der Waals surface area (Å²) in [6, 6.07) is 12.4. The van der Waals surface area contributed by atoms with Gasteiger partial charge in [-0.05, 0) is 18.2 Å². The van der Waals surface area contributed by atoms with Crippen LogP contribution in [0.1, 0.15) is 5.56 Å². The predicted molar refractivity (Wildman–Crippen MR) is 98.4 cm³/mol. The van der Waals surface area contributed by atoms with E-state index in [1.165, 1.54) is 25.3 Å². The van der Waals surface area contributed by atoms with Crippen LogP contribution in [0.5, 0.6) is 5.75 Å². The number of aliphatic hydroxyl groups excluding tert-OH is 1. The van der Waals surface area contributed by atoms with Crippen molar-refractivity contribution >= 4 is 34.8 Å². The van der Waals surface area contributed by atoms with Crippen LogP contribution < -0.4 is 9.64 Å². The first kappa shape index (κ1) is 18.2. The SMILES string of the molecule is COc1ccccc1C1=C(SCCO)C(=O)N(c2ccccc2F)C1=O. The van der Waals surface area contributed by atoms with Crippen LogP contribution in [0.4, 0.5) is 10.1 Å². The third kappa shape index (κ3) is 3.11. The molecule has 0 aromatic heterocycles. The molecule has 3 rings (SSSR count). The van der Waals surface area contributed by atoms with E-state index in [0.717, 1.165) is 16.7 Å².